The molecule has 0 unspecified atom stereocenters. The molecule has 0 fully saturated rings. The highest BCUT2D eigenvalue weighted by molar-refractivity contribution is 6.29. The van der Waals surface area contributed by atoms with Crippen LogP contribution in [0.4, 0.5) is 0 Å². The van der Waals surface area contributed by atoms with Gasteiger partial charge < -0.3 is 14.0 Å². The number of benzene rings is 1. The molecule has 0 saturated heterocycles. The van der Waals surface area contributed by atoms with Crippen LogP contribution in [0.5, 0.6) is 11.5 Å². The van der Waals surface area contributed by atoms with Crippen LogP contribution in [0.3, 0.4) is 0 Å². The molecule has 110 valence electrons. The van der Waals surface area contributed by atoms with Gasteiger partial charge >= 0.3 is 0 Å². The van der Waals surface area contributed by atoms with E-state index in [9.17, 15) is 4.79 Å². The van der Waals surface area contributed by atoms with Crippen LogP contribution >= 0.6 is 11.6 Å². The van der Waals surface area contributed by atoms with Crippen LogP contribution in [0.15, 0.2) is 23.0 Å². The highest BCUT2D eigenvalue weighted by Crippen LogP contribution is 2.42. The van der Waals surface area contributed by atoms with E-state index in [1.807, 2.05) is 23.6 Å². The first-order valence-electron chi connectivity index (χ1n) is 6.72. The summed E-state index contributed by atoms with van der Waals surface area (Å²) in [5.41, 5.74) is 3.56. The van der Waals surface area contributed by atoms with Crippen molar-refractivity contribution in [1.29, 1.82) is 0 Å². The fraction of sp³-hybridized carbons (Fsp3) is 0.312. The van der Waals surface area contributed by atoms with Crippen LogP contribution in [0.25, 0.3) is 11.3 Å². The highest BCUT2D eigenvalue weighted by Gasteiger charge is 2.25. The molecule has 5 heteroatoms. The maximum Gasteiger partial charge on any atom is 0.186 e. The van der Waals surface area contributed by atoms with E-state index in [-0.39, 0.29) is 5.43 Å². The van der Waals surface area contributed by atoms with Gasteiger partial charge in [-0.25, -0.2) is 0 Å². The van der Waals surface area contributed by atoms with E-state index in [2.05, 4.69) is 0 Å². The summed E-state index contributed by atoms with van der Waals surface area (Å²) in [5.74, 6) is 1.43. The molecular weight excluding hydrogens is 290 g/mol. The molecule has 0 bridgehead atoms. The Morgan fingerprint density at radius 1 is 1.24 bits per heavy atom. The topological polar surface area (TPSA) is 40.5 Å². The zero-order chi connectivity index (χ0) is 15.1. The second kappa shape index (κ2) is 5.11. The van der Waals surface area contributed by atoms with Crippen molar-refractivity contribution in [2.75, 3.05) is 14.2 Å². The number of hydrogen-bond acceptors (Lipinski definition) is 3. The predicted molar refractivity (Wildman–Crippen MR) is 82.7 cm³/mol. The van der Waals surface area contributed by atoms with Crippen LogP contribution in [-0.2, 0) is 13.0 Å². The van der Waals surface area contributed by atoms with Crippen molar-refractivity contribution in [3.8, 4) is 22.8 Å². The molecule has 0 N–H and O–H groups in total. The zero-order valence-corrected chi connectivity index (χ0v) is 13.0. The molecule has 1 aliphatic rings. The molecule has 1 aliphatic heterocycles. The van der Waals surface area contributed by atoms with E-state index < -0.39 is 0 Å². The van der Waals surface area contributed by atoms with Gasteiger partial charge in [0.1, 0.15) is 5.15 Å². The Labute approximate surface area is 127 Å². The number of hydrogen-bond donors (Lipinski definition) is 0. The zero-order valence-electron chi connectivity index (χ0n) is 12.2. The molecule has 0 aliphatic carbocycles. The van der Waals surface area contributed by atoms with Gasteiger partial charge in [-0.1, -0.05) is 11.6 Å². The van der Waals surface area contributed by atoms with Crippen molar-refractivity contribution in [1.82, 2.24) is 4.57 Å². The van der Waals surface area contributed by atoms with Crippen molar-refractivity contribution in [3.05, 3.63) is 44.7 Å². The third kappa shape index (κ3) is 2.02. The molecule has 3 rings (SSSR count). The second-order valence-electron chi connectivity index (χ2n) is 5.03. The van der Waals surface area contributed by atoms with Gasteiger partial charge in [0.25, 0.3) is 0 Å². The SMILES string of the molecule is COc1ccc2c(c1OC)CCn1c(Cl)cc(=O)c(C)c1-2. The van der Waals surface area contributed by atoms with Gasteiger partial charge in [0, 0.05) is 29.3 Å². The van der Waals surface area contributed by atoms with Gasteiger partial charge in [-0.05, 0) is 25.5 Å². The van der Waals surface area contributed by atoms with Gasteiger partial charge in [-0.2, -0.15) is 0 Å². The third-order valence-electron chi connectivity index (χ3n) is 3.99. The molecule has 0 spiro atoms. The number of halogens is 1. The highest BCUT2D eigenvalue weighted by atomic mass is 35.5. The Kier molecular flexibility index (Phi) is 3.41. The Bertz CT molecular complexity index is 780. The third-order valence-corrected chi connectivity index (χ3v) is 4.30. The molecule has 0 radical (unpaired) electrons. The predicted octanol–water partition coefficient (Wildman–Crippen LogP) is 3.05. The minimum absolute atomic E-state index is 0.0473. The Hall–Kier alpha value is -1.94. The monoisotopic (exact) mass is 305 g/mol. The van der Waals surface area contributed by atoms with E-state index in [0.717, 1.165) is 29.0 Å². The molecule has 2 aromatic rings. The van der Waals surface area contributed by atoms with Crippen LogP contribution in [0, 0.1) is 6.92 Å². The maximum absolute atomic E-state index is 12.0. The quantitative estimate of drug-likeness (QED) is 0.801. The van der Waals surface area contributed by atoms with Gasteiger partial charge in [0.2, 0.25) is 0 Å². The number of ether oxygens (including phenoxy) is 2. The number of pyridine rings is 1. The lowest BCUT2D eigenvalue weighted by molar-refractivity contribution is 0.350. The summed E-state index contributed by atoms with van der Waals surface area (Å²) >= 11 is 6.23. The lowest BCUT2D eigenvalue weighted by Crippen LogP contribution is -2.20. The van der Waals surface area contributed by atoms with Crippen molar-refractivity contribution >= 4 is 11.6 Å². The lowest BCUT2D eigenvalue weighted by Gasteiger charge is -2.27. The number of nitrogens with zero attached hydrogens (tertiary/aromatic N) is 1. The molecule has 0 saturated carbocycles. The average Bonchev–Trinajstić information content (AvgIpc) is 2.50. The second-order valence-corrected chi connectivity index (χ2v) is 5.42. The van der Waals surface area contributed by atoms with Gasteiger partial charge in [-0.15, -0.1) is 0 Å². The first-order valence-corrected chi connectivity index (χ1v) is 7.10. The molecule has 1 aromatic heterocycles. The summed E-state index contributed by atoms with van der Waals surface area (Å²) in [6, 6.07) is 5.30. The summed E-state index contributed by atoms with van der Waals surface area (Å²) in [6.07, 6.45) is 0.782. The van der Waals surface area contributed by atoms with Crippen molar-refractivity contribution < 1.29 is 9.47 Å². The number of rotatable bonds is 2. The molecule has 21 heavy (non-hydrogen) atoms. The molecule has 1 aromatic carbocycles. The molecule has 0 amide bonds. The minimum Gasteiger partial charge on any atom is -0.493 e. The van der Waals surface area contributed by atoms with E-state index in [1.54, 1.807) is 14.2 Å². The Balaban J connectivity index is 2.36. The summed E-state index contributed by atoms with van der Waals surface area (Å²) in [4.78, 5) is 12.0. The average molecular weight is 306 g/mol. The van der Waals surface area contributed by atoms with E-state index in [4.69, 9.17) is 21.1 Å². The van der Waals surface area contributed by atoms with E-state index >= 15 is 0 Å². The summed E-state index contributed by atoms with van der Waals surface area (Å²) in [5, 5.41) is 0.473. The fourth-order valence-corrected chi connectivity index (χ4v) is 3.24. The van der Waals surface area contributed by atoms with Crippen molar-refractivity contribution in [2.45, 2.75) is 19.9 Å². The van der Waals surface area contributed by atoms with E-state index in [1.165, 1.54) is 6.07 Å². The van der Waals surface area contributed by atoms with Crippen LogP contribution in [0.1, 0.15) is 11.1 Å². The van der Waals surface area contributed by atoms with E-state index in [0.29, 0.717) is 23.0 Å². The van der Waals surface area contributed by atoms with Crippen LogP contribution in [0.2, 0.25) is 5.15 Å². The number of methoxy groups -OCH3 is 2. The molecule has 0 atom stereocenters. The van der Waals surface area contributed by atoms with Crippen LogP contribution < -0.4 is 14.9 Å². The summed E-state index contributed by atoms with van der Waals surface area (Å²) in [6.45, 7) is 2.54. The molecular formula is C16H16ClNO3. The maximum atomic E-state index is 12.0. The summed E-state index contributed by atoms with van der Waals surface area (Å²) in [7, 11) is 3.25. The lowest BCUT2D eigenvalue weighted by atomic mass is 9.93. The van der Waals surface area contributed by atoms with Crippen LogP contribution in [-0.4, -0.2) is 18.8 Å². The first-order chi connectivity index (χ1) is 10.1. The van der Waals surface area contributed by atoms with Crippen molar-refractivity contribution in [3.63, 3.8) is 0 Å². The normalized spacial score (nSPS) is 12.6. The Morgan fingerprint density at radius 2 is 2.00 bits per heavy atom. The largest absolute Gasteiger partial charge is 0.493 e. The van der Waals surface area contributed by atoms with Crippen molar-refractivity contribution in [2.24, 2.45) is 0 Å². The minimum atomic E-state index is -0.0473. The van der Waals surface area contributed by atoms with Gasteiger partial charge in [0.15, 0.2) is 16.9 Å². The van der Waals surface area contributed by atoms with Gasteiger partial charge in [-0.3, -0.25) is 4.79 Å². The fourth-order valence-electron chi connectivity index (χ4n) is 2.97. The molecule has 4 nitrogen and oxygen atoms in total. The van der Waals surface area contributed by atoms with Gasteiger partial charge in [0.05, 0.1) is 19.9 Å². The summed E-state index contributed by atoms with van der Waals surface area (Å²) < 4.78 is 12.8. The number of aromatic nitrogens is 1. The smallest absolute Gasteiger partial charge is 0.186 e. The number of fused-ring (bicyclic) bond motifs is 3. The molecule has 2 heterocycles. The Morgan fingerprint density at radius 3 is 2.67 bits per heavy atom. The first kappa shape index (κ1) is 14.0. The standard InChI is InChI=1S/C16H16ClNO3/c1-9-12(19)8-14(17)18-7-6-11-10(15(9)18)4-5-13(20-2)16(11)21-3/h4-5,8H,6-7H2,1-3H3.